The third kappa shape index (κ3) is 1.93. The van der Waals surface area contributed by atoms with Crippen LogP contribution in [0.25, 0.3) is 10.2 Å². The van der Waals surface area contributed by atoms with Crippen LogP contribution in [0.4, 0.5) is 5.95 Å². The number of benzene rings is 1. The lowest BCUT2D eigenvalue weighted by atomic mass is 10.3. The van der Waals surface area contributed by atoms with Gasteiger partial charge >= 0.3 is 5.95 Å². The molecule has 0 bridgehead atoms. The van der Waals surface area contributed by atoms with Crippen molar-refractivity contribution in [3.63, 3.8) is 0 Å². The van der Waals surface area contributed by atoms with Crippen LogP contribution in [0.2, 0.25) is 0 Å². The van der Waals surface area contributed by atoms with E-state index in [0.29, 0.717) is 6.54 Å². The largest absolute Gasteiger partial charge is 0.490 e. The molecule has 0 radical (unpaired) electrons. The smallest absolute Gasteiger partial charge is 0.390 e. The Morgan fingerprint density at radius 1 is 1.39 bits per heavy atom. The molecule has 0 atom stereocenters. The first-order chi connectivity index (χ1) is 8.72. The number of rotatable bonds is 3. The van der Waals surface area contributed by atoms with Gasteiger partial charge in [-0.15, -0.1) is 11.3 Å². The standard InChI is InChI=1S/C10H7N5O2S/c16-15(17)10-11-6-14(13-10)5-9-12-7-3-1-2-4-8(7)18-9/h1-4,6H,5H2. The Hall–Kier alpha value is -2.35. The molecule has 7 nitrogen and oxygen atoms in total. The SMILES string of the molecule is O=[N+]([O-])c1ncn(Cc2nc3ccccc3s2)n1. The van der Waals surface area contributed by atoms with E-state index < -0.39 is 10.9 Å². The van der Waals surface area contributed by atoms with Crippen LogP contribution in [-0.2, 0) is 6.54 Å². The number of thiazole rings is 1. The van der Waals surface area contributed by atoms with Crippen LogP contribution in [0, 0.1) is 10.1 Å². The zero-order valence-corrected chi connectivity index (χ0v) is 9.87. The van der Waals surface area contributed by atoms with Gasteiger partial charge in [-0.3, -0.25) is 0 Å². The predicted molar refractivity (Wildman–Crippen MR) is 65.4 cm³/mol. The Bertz CT molecular complexity index is 687. The van der Waals surface area contributed by atoms with Crippen molar-refractivity contribution in [1.82, 2.24) is 19.7 Å². The molecule has 1 aromatic carbocycles. The Labute approximate surface area is 105 Å². The number of nitrogens with zero attached hydrogens (tertiary/aromatic N) is 5. The van der Waals surface area contributed by atoms with Crippen molar-refractivity contribution in [3.05, 3.63) is 45.7 Å². The normalized spacial score (nSPS) is 10.9. The summed E-state index contributed by atoms with van der Waals surface area (Å²) in [5.41, 5.74) is 0.923. The molecule has 0 spiro atoms. The Kier molecular flexibility index (Phi) is 2.49. The minimum atomic E-state index is -0.616. The zero-order chi connectivity index (χ0) is 12.5. The molecule has 8 heteroatoms. The van der Waals surface area contributed by atoms with E-state index in [1.165, 1.54) is 11.0 Å². The van der Waals surface area contributed by atoms with Crippen molar-refractivity contribution in [2.24, 2.45) is 0 Å². The van der Waals surface area contributed by atoms with Crippen LogP contribution in [0.1, 0.15) is 5.01 Å². The van der Waals surface area contributed by atoms with Gasteiger partial charge in [-0.1, -0.05) is 17.1 Å². The number of para-hydroxylation sites is 1. The molecular weight excluding hydrogens is 254 g/mol. The molecule has 0 unspecified atom stereocenters. The first-order valence-corrected chi connectivity index (χ1v) is 5.92. The fraction of sp³-hybridized carbons (Fsp3) is 0.100. The molecule has 3 rings (SSSR count). The van der Waals surface area contributed by atoms with Crippen LogP contribution >= 0.6 is 11.3 Å². The summed E-state index contributed by atoms with van der Waals surface area (Å²) >= 11 is 1.54. The summed E-state index contributed by atoms with van der Waals surface area (Å²) in [4.78, 5) is 17.9. The molecule has 0 saturated heterocycles. The molecule has 0 aliphatic heterocycles. The van der Waals surface area contributed by atoms with Crippen molar-refractivity contribution in [2.75, 3.05) is 0 Å². The molecule has 0 fully saturated rings. The second-order valence-electron chi connectivity index (χ2n) is 3.57. The molecule has 0 aliphatic rings. The minimum Gasteiger partial charge on any atom is -0.390 e. The predicted octanol–water partition coefficient (Wildman–Crippen LogP) is 1.84. The van der Waals surface area contributed by atoms with Gasteiger partial charge in [-0.2, -0.15) is 4.68 Å². The first-order valence-electron chi connectivity index (χ1n) is 5.10. The Morgan fingerprint density at radius 3 is 2.94 bits per heavy atom. The lowest BCUT2D eigenvalue weighted by Gasteiger charge is -1.89. The van der Waals surface area contributed by atoms with Crippen molar-refractivity contribution >= 4 is 27.5 Å². The van der Waals surface area contributed by atoms with Crippen molar-refractivity contribution in [2.45, 2.75) is 6.54 Å². The van der Waals surface area contributed by atoms with E-state index in [0.717, 1.165) is 15.2 Å². The second kappa shape index (κ2) is 4.15. The maximum absolute atomic E-state index is 10.5. The van der Waals surface area contributed by atoms with Gasteiger partial charge in [0.1, 0.15) is 11.6 Å². The van der Waals surface area contributed by atoms with E-state index >= 15 is 0 Å². The molecule has 3 aromatic rings. The third-order valence-corrected chi connectivity index (χ3v) is 3.34. The van der Waals surface area contributed by atoms with Gasteiger partial charge in [-0.25, -0.2) is 4.98 Å². The highest BCUT2D eigenvalue weighted by Gasteiger charge is 2.14. The van der Waals surface area contributed by atoms with Gasteiger partial charge in [0.25, 0.3) is 0 Å². The number of aromatic nitrogens is 4. The Balaban J connectivity index is 1.88. The quantitative estimate of drug-likeness (QED) is 0.530. The fourth-order valence-corrected chi connectivity index (χ4v) is 2.53. The third-order valence-electron chi connectivity index (χ3n) is 2.32. The first kappa shape index (κ1) is 10.8. The summed E-state index contributed by atoms with van der Waals surface area (Å²) < 4.78 is 2.50. The molecule has 0 N–H and O–H groups in total. The van der Waals surface area contributed by atoms with Gasteiger partial charge in [0.2, 0.25) is 6.33 Å². The van der Waals surface area contributed by atoms with Crippen LogP contribution < -0.4 is 0 Å². The molecule has 2 aromatic heterocycles. The van der Waals surface area contributed by atoms with Crippen LogP contribution in [0.15, 0.2) is 30.6 Å². The van der Waals surface area contributed by atoms with Crippen LogP contribution in [0.5, 0.6) is 0 Å². The number of nitro groups is 1. The van der Waals surface area contributed by atoms with E-state index in [9.17, 15) is 10.1 Å². The summed E-state index contributed by atoms with van der Waals surface area (Å²) in [7, 11) is 0. The number of hydrogen-bond donors (Lipinski definition) is 0. The van der Waals surface area contributed by atoms with Crippen molar-refractivity contribution < 1.29 is 4.92 Å². The molecule has 0 amide bonds. The van der Waals surface area contributed by atoms with E-state index in [2.05, 4.69) is 15.1 Å². The summed E-state index contributed by atoms with van der Waals surface area (Å²) in [5, 5.41) is 15.1. The zero-order valence-electron chi connectivity index (χ0n) is 9.05. The maximum atomic E-state index is 10.5. The highest BCUT2D eigenvalue weighted by molar-refractivity contribution is 7.18. The lowest BCUT2D eigenvalue weighted by molar-refractivity contribution is -0.394. The van der Waals surface area contributed by atoms with Crippen molar-refractivity contribution in [1.29, 1.82) is 0 Å². The number of hydrogen-bond acceptors (Lipinski definition) is 6. The van der Waals surface area contributed by atoms with Crippen molar-refractivity contribution in [3.8, 4) is 0 Å². The summed E-state index contributed by atoms with van der Waals surface area (Å²) in [5.74, 6) is -0.392. The van der Waals surface area contributed by atoms with E-state index in [1.807, 2.05) is 24.3 Å². The monoisotopic (exact) mass is 261 g/mol. The average molecular weight is 261 g/mol. The van der Waals surface area contributed by atoms with Gasteiger partial charge < -0.3 is 10.1 Å². The summed E-state index contributed by atoms with van der Waals surface area (Å²) in [6.45, 7) is 0.389. The lowest BCUT2D eigenvalue weighted by Crippen LogP contribution is -2.00. The van der Waals surface area contributed by atoms with E-state index in [-0.39, 0.29) is 0 Å². The second-order valence-corrected chi connectivity index (χ2v) is 4.69. The molecule has 2 heterocycles. The highest BCUT2D eigenvalue weighted by Crippen LogP contribution is 2.22. The molecule has 0 saturated carbocycles. The molecule has 18 heavy (non-hydrogen) atoms. The van der Waals surface area contributed by atoms with Gasteiger partial charge in [0.15, 0.2) is 0 Å². The molecule has 90 valence electrons. The topological polar surface area (TPSA) is 86.7 Å². The minimum absolute atomic E-state index is 0.389. The average Bonchev–Trinajstić information content (AvgIpc) is 2.94. The molecule has 0 aliphatic carbocycles. The fourth-order valence-electron chi connectivity index (χ4n) is 1.57. The van der Waals surface area contributed by atoms with Gasteiger partial charge in [-0.05, 0) is 17.1 Å². The number of fused-ring (bicyclic) bond motifs is 1. The van der Waals surface area contributed by atoms with Gasteiger partial charge in [0.05, 0.1) is 10.2 Å². The van der Waals surface area contributed by atoms with E-state index in [1.54, 1.807) is 11.3 Å². The van der Waals surface area contributed by atoms with Gasteiger partial charge in [0, 0.05) is 5.10 Å². The Morgan fingerprint density at radius 2 is 2.22 bits per heavy atom. The maximum Gasteiger partial charge on any atom is 0.490 e. The highest BCUT2D eigenvalue weighted by atomic mass is 32.1. The summed E-state index contributed by atoms with van der Waals surface area (Å²) in [6, 6.07) is 7.79. The summed E-state index contributed by atoms with van der Waals surface area (Å²) in [6.07, 6.45) is 1.34. The molecular formula is C10H7N5O2S. The van der Waals surface area contributed by atoms with E-state index in [4.69, 9.17) is 0 Å². The van der Waals surface area contributed by atoms with Crippen LogP contribution in [0.3, 0.4) is 0 Å². The van der Waals surface area contributed by atoms with Crippen LogP contribution in [-0.4, -0.2) is 24.7 Å².